The Morgan fingerprint density at radius 2 is 1.37 bits per heavy atom. The van der Waals surface area contributed by atoms with E-state index in [1.54, 1.807) is 36.5 Å². The summed E-state index contributed by atoms with van der Waals surface area (Å²) in [6.07, 6.45) is -5.40. The molecule has 0 atom stereocenters. The molecule has 0 amide bonds. The average Bonchev–Trinajstić information content (AvgIpc) is 3.89. The number of nitrogens with zero attached hydrogens (tertiary/aromatic N) is 13. The van der Waals surface area contributed by atoms with Gasteiger partial charge in [-0.15, -0.1) is 10.2 Å². The van der Waals surface area contributed by atoms with Crippen LogP contribution in [-0.2, 0) is 12.4 Å². The Hall–Kier alpha value is -7.88. The topological polar surface area (TPSA) is 173 Å². The molecule has 0 spiro atoms. The fraction of sp³-hybridized carbons (Fsp3) is 0.162. The van der Waals surface area contributed by atoms with Gasteiger partial charge in [0, 0.05) is 22.6 Å². The Kier molecular flexibility index (Phi) is 11.8. The highest BCUT2D eigenvalue weighted by Crippen LogP contribution is 2.38. The minimum atomic E-state index is -4.72. The van der Waals surface area contributed by atoms with Gasteiger partial charge < -0.3 is 0 Å². The summed E-state index contributed by atoms with van der Waals surface area (Å²) in [6.45, 7) is 18.0. The highest BCUT2D eigenvalue weighted by atomic mass is 19.4. The first kappa shape index (κ1) is 40.3. The van der Waals surface area contributed by atoms with Crippen molar-refractivity contribution in [3.8, 4) is 40.2 Å². The summed E-state index contributed by atoms with van der Waals surface area (Å²) in [5.74, 6) is -0.128. The Labute approximate surface area is 318 Å². The fourth-order valence-corrected chi connectivity index (χ4v) is 5.22. The van der Waals surface area contributed by atoms with Gasteiger partial charge in [0.2, 0.25) is 0 Å². The van der Waals surface area contributed by atoms with Gasteiger partial charge in [-0.1, -0.05) is 40.7 Å². The van der Waals surface area contributed by atoms with E-state index in [0.717, 1.165) is 34.5 Å². The number of halogens is 6. The van der Waals surface area contributed by atoms with Crippen molar-refractivity contribution in [3.05, 3.63) is 140 Å². The first-order valence-corrected chi connectivity index (χ1v) is 16.2. The third-order valence-electron chi connectivity index (χ3n) is 7.96. The number of aromatic nitrogens is 7. The first-order chi connectivity index (χ1) is 27.1. The Morgan fingerprint density at radius 3 is 1.86 bits per heavy atom. The van der Waals surface area contributed by atoms with Crippen LogP contribution in [0.5, 0.6) is 0 Å². The second-order valence-electron chi connectivity index (χ2n) is 11.8. The van der Waals surface area contributed by atoms with Crippen LogP contribution < -0.4 is 0 Å². The van der Waals surface area contributed by atoms with E-state index in [9.17, 15) is 31.1 Å². The van der Waals surface area contributed by atoms with E-state index >= 15 is 0 Å². The van der Waals surface area contributed by atoms with E-state index in [-0.39, 0.29) is 28.5 Å². The molecule has 0 bridgehead atoms. The maximum atomic E-state index is 13.5. The van der Waals surface area contributed by atoms with Gasteiger partial charge in [-0.25, -0.2) is 24.0 Å². The van der Waals surface area contributed by atoms with Gasteiger partial charge in [-0.3, -0.25) is 4.79 Å². The lowest BCUT2D eigenvalue weighted by Crippen LogP contribution is -2.07. The molecule has 6 rings (SSSR count). The zero-order valence-corrected chi connectivity index (χ0v) is 29.4. The van der Waals surface area contributed by atoms with Crippen LogP contribution in [0.25, 0.3) is 54.3 Å². The zero-order chi connectivity index (χ0) is 41.5. The molecule has 0 unspecified atom stereocenters. The SMILES string of the molecule is N#Cc1ccc(N=[N+]=[N-])cc1C(F)(F)F.[C-]#[N+]c1ccc(-n2cc(-c3cc(C(=O)CCC)cc(-c4cn(-c5ccc([N+]#[C-])c(C(F)(F)F)c5)nn4)n3)nn2)cc1C. The predicted octanol–water partition coefficient (Wildman–Crippen LogP) is 10.5. The largest absolute Gasteiger partial charge is 0.417 e. The van der Waals surface area contributed by atoms with Crippen LogP contribution in [-0.4, -0.2) is 40.8 Å². The van der Waals surface area contributed by atoms with Crippen LogP contribution in [0.1, 0.15) is 52.4 Å². The number of azide groups is 1. The molecular formula is C37H23F6N13O. The molecule has 3 heterocycles. The van der Waals surface area contributed by atoms with Gasteiger partial charge in [-0.2, -0.15) is 31.6 Å². The number of pyridine rings is 1. The second kappa shape index (κ2) is 16.6. The van der Waals surface area contributed by atoms with Crippen molar-refractivity contribution in [3.63, 3.8) is 0 Å². The summed E-state index contributed by atoms with van der Waals surface area (Å²) in [6, 6.07) is 15.8. The fourth-order valence-electron chi connectivity index (χ4n) is 5.22. The van der Waals surface area contributed by atoms with Crippen LogP contribution in [0.4, 0.5) is 43.4 Å². The maximum Gasteiger partial charge on any atom is 0.417 e. The molecule has 0 N–H and O–H groups in total. The summed E-state index contributed by atoms with van der Waals surface area (Å²) in [5, 5.41) is 27.9. The van der Waals surface area contributed by atoms with Crippen molar-refractivity contribution in [2.24, 2.45) is 5.11 Å². The summed E-state index contributed by atoms with van der Waals surface area (Å²) in [4.78, 5) is 26.3. The van der Waals surface area contributed by atoms with Gasteiger partial charge in [0.25, 0.3) is 0 Å². The number of alkyl halides is 6. The molecule has 0 saturated carbocycles. The summed E-state index contributed by atoms with van der Waals surface area (Å²) >= 11 is 0. The molecule has 0 saturated heterocycles. The van der Waals surface area contributed by atoms with Crippen molar-refractivity contribution in [2.45, 2.75) is 39.0 Å². The van der Waals surface area contributed by atoms with Gasteiger partial charge in [-0.05, 0) is 73.0 Å². The van der Waals surface area contributed by atoms with Crippen molar-refractivity contribution in [1.29, 1.82) is 5.26 Å². The van der Waals surface area contributed by atoms with Crippen molar-refractivity contribution < 1.29 is 31.1 Å². The molecule has 3 aromatic carbocycles. The lowest BCUT2D eigenvalue weighted by atomic mass is 10.0. The smallest absolute Gasteiger partial charge is 0.294 e. The highest BCUT2D eigenvalue weighted by Gasteiger charge is 2.34. The monoisotopic (exact) mass is 779 g/mol. The number of ketones is 1. The molecule has 0 radical (unpaired) electrons. The quantitative estimate of drug-likeness (QED) is 0.0369. The molecule has 14 nitrogen and oxygen atoms in total. The molecule has 20 heteroatoms. The molecule has 0 fully saturated rings. The Morgan fingerprint density at radius 1 is 0.807 bits per heavy atom. The standard InChI is InChI=1S/C29H20F3N9O.C8H3F3N4/c1-5-6-28(42)18-12-24(26-15-40(38-36-26)19-7-9-22(33-3)17(2)11-19)35-25(13-18)27-16-41(39-37-27)20-8-10-23(34-4)21(14-20)29(30,31)32;9-8(10,11)7-3-6(14-15-13)2-1-5(7)4-12/h7-16H,5-6H2,1-2H3;1-3H. The van der Waals surface area contributed by atoms with Gasteiger partial charge >= 0.3 is 12.4 Å². The van der Waals surface area contributed by atoms with Crippen LogP contribution in [0, 0.1) is 31.4 Å². The summed E-state index contributed by atoms with van der Waals surface area (Å²) in [5.41, 5.74) is 8.24. The number of hydrogen-bond acceptors (Lipinski definition) is 8. The van der Waals surface area contributed by atoms with Crippen molar-refractivity contribution >= 4 is 22.8 Å². The Bertz CT molecular complexity index is 2670. The number of Topliss-reactive ketones (excluding diaryl/α,β-unsaturated/α-hetero) is 1. The molecule has 0 aliphatic rings. The number of carbonyl (C=O) groups excluding carboxylic acids is 1. The van der Waals surface area contributed by atoms with E-state index in [0.29, 0.717) is 47.2 Å². The van der Waals surface area contributed by atoms with E-state index in [4.69, 9.17) is 23.9 Å². The van der Waals surface area contributed by atoms with Crippen LogP contribution >= 0.6 is 0 Å². The lowest BCUT2D eigenvalue weighted by molar-refractivity contribution is -0.138. The molecule has 6 aromatic rings. The van der Waals surface area contributed by atoms with E-state index in [1.807, 2.05) is 13.8 Å². The zero-order valence-electron chi connectivity index (χ0n) is 29.4. The number of benzene rings is 3. The van der Waals surface area contributed by atoms with Crippen LogP contribution in [0.15, 0.2) is 84.2 Å². The lowest BCUT2D eigenvalue weighted by Gasteiger charge is -2.10. The first-order valence-electron chi connectivity index (χ1n) is 16.2. The van der Waals surface area contributed by atoms with Gasteiger partial charge in [0.05, 0.1) is 71.1 Å². The molecule has 3 aromatic heterocycles. The number of aryl methyl sites for hydroxylation is 1. The average molecular weight is 780 g/mol. The van der Waals surface area contributed by atoms with Gasteiger partial charge in [0.1, 0.15) is 11.4 Å². The number of hydrogen-bond donors (Lipinski definition) is 0. The maximum absolute atomic E-state index is 13.5. The third kappa shape index (κ3) is 9.26. The Balaban J connectivity index is 0.000000348. The minimum Gasteiger partial charge on any atom is -0.294 e. The summed E-state index contributed by atoms with van der Waals surface area (Å²) < 4.78 is 80.3. The number of carbonyl (C=O) groups is 1. The molecule has 57 heavy (non-hydrogen) atoms. The van der Waals surface area contributed by atoms with E-state index in [2.05, 4.69) is 45.3 Å². The van der Waals surface area contributed by atoms with Gasteiger partial charge in [0.15, 0.2) is 17.2 Å². The molecule has 284 valence electrons. The molecular weight excluding hydrogens is 756 g/mol. The van der Waals surface area contributed by atoms with Crippen LogP contribution in [0.3, 0.4) is 0 Å². The predicted molar refractivity (Wildman–Crippen MR) is 191 cm³/mol. The van der Waals surface area contributed by atoms with E-state index < -0.39 is 34.7 Å². The molecule has 0 aliphatic carbocycles. The minimum absolute atomic E-state index is 0.0504. The van der Waals surface area contributed by atoms with Crippen molar-refractivity contribution in [2.75, 3.05) is 0 Å². The normalized spacial score (nSPS) is 11.0. The number of nitriles is 1. The van der Waals surface area contributed by atoms with E-state index in [1.165, 1.54) is 23.0 Å². The third-order valence-corrected chi connectivity index (χ3v) is 7.96. The molecule has 0 aliphatic heterocycles. The van der Waals surface area contributed by atoms with Crippen LogP contribution in [0.2, 0.25) is 0 Å². The number of rotatable bonds is 8. The summed E-state index contributed by atoms with van der Waals surface area (Å²) in [7, 11) is 0. The van der Waals surface area contributed by atoms with Crippen molar-refractivity contribution in [1.82, 2.24) is 35.0 Å². The highest BCUT2D eigenvalue weighted by molar-refractivity contribution is 5.97. The second-order valence-corrected chi connectivity index (χ2v) is 11.8.